The van der Waals surface area contributed by atoms with E-state index in [4.69, 9.17) is 17.3 Å². The summed E-state index contributed by atoms with van der Waals surface area (Å²) in [5.74, 6) is 6.40. The van der Waals surface area contributed by atoms with Crippen LogP contribution in [0.25, 0.3) is 0 Å². The van der Waals surface area contributed by atoms with Crippen LogP contribution in [0.1, 0.15) is 0 Å². The predicted octanol–water partition coefficient (Wildman–Crippen LogP) is -2.47. The van der Waals surface area contributed by atoms with Gasteiger partial charge in [-0.05, 0) is 0 Å². The fourth-order valence-electron chi connectivity index (χ4n) is 1.30. The molecule has 0 unspecified atom stereocenters. The summed E-state index contributed by atoms with van der Waals surface area (Å²) in [7, 11) is 1.84. The average molecular weight is 169 g/mol. The van der Waals surface area contributed by atoms with Gasteiger partial charge in [-0.15, -0.1) is 4.99 Å². The quantitative estimate of drug-likeness (QED) is 0.275. The second-order valence-corrected chi connectivity index (χ2v) is 2.75. The van der Waals surface area contributed by atoms with Crippen molar-refractivity contribution in [3.8, 4) is 0 Å². The highest BCUT2D eigenvalue weighted by Crippen LogP contribution is 2.20. The third kappa shape index (κ3) is 0.756. The Hall–Kier alpha value is -1.15. The third-order valence-electron chi connectivity index (χ3n) is 1.94. The Morgan fingerprint density at radius 1 is 1.50 bits per heavy atom. The first-order valence-electron chi connectivity index (χ1n) is 3.50. The molecule has 2 heterocycles. The van der Waals surface area contributed by atoms with Crippen LogP contribution in [0.4, 0.5) is 0 Å². The van der Waals surface area contributed by atoms with E-state index < -0.39 is 0 Å². The lowest BCUT2D eigenvalue weighted by Gasteiger charge is -2.11. The summed E-state index contributed by atoms with van der Waals surface area (Å²) >= 11 is 0. The smallest absolute Gasteiger partial charge is 0.379 e. The Balaban J connectivity index is 2.37. The van der Waals surface area contributed by atoms with E-state index in [2.05, 4.69) is 4.99 Å². The Bertz CT molecular complexity index is 280. The number of hydrogen-bond acceptors (Lipinski definition) is 7. The molecule has 1 radical (unpaired) electrons. The van der Waals surface area contributed by atoms with Gasteiger partial charge in [0.1, 0.15) is 6.54 Å². The van der Waals surface area contributed by atoms with Crippen LogP contribution in [-0.2, 0) is 0 Å². The zero-order valence-electron chi connectivity index (χ0n) is 6.73. The van der Waals surface area contributed by atoms with Crippen molar-refractivity contribution in [3.05, 3.63) is 11.5 Å². The largest absolute Gasteiger partial charge is 0.382 e. The molecule has 0 amide bonds. The normalized spacial score (nSPS) is 26.7. The van der Waals surface area contributed by atoms with E-state index in [1.807, 2.05) is 7.05 Å². The first-order chi connectivity index (χ1) is 5.61. The number of hydrogen-bond donors (Lipinski definition) is 3. The SMILES string of the molecule is CN1CC2=C(N)N=C(N)[N+]2N1N. The van der Waals surface area contributed by atoms with E-state index in [1.54, 1.807) is 10.0 Å². The van der Waals surface area contributed by atoms with Crippen LogP contribution in [0.15, 0.2) is 16.5 Å². The van der Waals surface area contributed by atoms with E-state index in [0.717, 1.165) is 5.70 Å². The minimum absolute atomic E-state index is 0.314. The van der Waals surface area contributed by atoms with Gasteiger partial charge in [-0.2, -0.15) is 5.01 Å². The number of nitrogens with zero attached hydrogens (tertiary/aromatic N) is 4. The molecular weight excluding hydrogens is 158 g/mol. The second-order valence-electron chi connectivity index (χ2n) is 2.75. The van der Waals surface area contributed by atoms with Gasteiger partial charge in [0.15, 0.2) is 5.82 Å². The number of rotatable bonds is 0. The molecule has 0 aromatic heterocycles. The number of fused-ring (bicyclic) bond motifs is 1. The van der Waals surface area contributed by atoms with E-state index in [0.29, 0.717) is 18.3 Å². The van der Waals surface area contributed by atoms with Gasteiger partial charge < -0.3 is 11.5 Å². The molecule has 0 bridgehead atoms. The molecule has 0 aliphatic carbocycles. The van der Waals surface area contributed by atoms with Crippen molar-refractivity contribution in [3.63, 3.8) is 0 Å². The Morgan fingerprint density at radius 2 is 2.17 bits per heavy atom. The van der Waals surface area contributed by atoms with E-state index >= 15 is 0 Å². The maximum Gasteiger partial charge on any atom is 0.382 e. The Morgan fingerprint density at radius 3 is 2.75 bits per heavy atom. The van der Waals surface area contributed by atoms with Gasteiger partial charge in [0.2, 0.25) is 0 Å². The van der Waals surface area contributed by atoms with Gasteiger partial charge >= 0.3 is 5.96 Å². The summed E-state index contributed by atoms with van der Waals surface area (Å²) in [4.78, 5) is 3.89. The van der Waals surface area contributed by atoms with Crippen LogP contribution in [0.3, 0.4) is 0 Å². The number of aliphatic imine (C=N–C) groups is 1. The molecule has 12 heavy (non-hydrogen) atoms. The van der Waals surface area contributed by atoms with Crippen LogP contribution in [-0.4, -0.2) is 29.8 Å². The van der Waals surface area contributed by atoms with Gasteiger partial charge in [-0.3, -0.25) is 0 Å². The lowest BCUT2D eigenvalue weighted by molar-refractivity contribution is -0.0164. The van der Waals surface area contributed by atoms with E-state index in [-0.39, 0.29) is 0 Å². The van der Waals surface area contributed by atoms with Crippen molar-refractivity contribution in [1.29, 1.82) is 0 Å². The molecule has 2 aliphatic rings. The fourth-order valence-corrected chi connectivity index (χ4v) is 1.30. The summed E-state index contributed by atoms with van der Waals surface area (Å²) < 4.78 is 0. The topological polar surface area (TPSA) is 103 Å². The van der Waals surface area contributed by atoms with Crippen molar-refractivity contribution < 1.29 is 0 Å². The first kappa shape index (κ1) is 7.50. The molecule has 7 nitrogen and oxygen atoms in total. The van der Waals surface area contributed by atoms with Crippen molar-refractivity contribution in [1.82, 2.24) is 15.2 Å². The highest BCUT2D eigenvalue weighted by atomic mass is 16.0. The molecule has 0 atom stereocenters. The Kier molecular flexibility index (Phi) is 1.36. The van der Waals surface area contributed by atoms with Gasteiger partial charge in [0, 0.05) is 7.05 Å². The minimum atomic E-state index is 0.314. The summed E-state index contributed by atoms with van der Waals surface area (Å²) in [6.07, 6.45) is 0. The maximum absolute atomic E-state index is 5.65. The van der Waals surface area contributed by atoms with E-state index in [1.165, 1.54) is 5.23 Å². The van der Waals surface area contributed by atoms with Crippen molar-refractivity contribution in [2.45, 2.75) is 0 Å². The molecule has 0 spiro atoms. The van der Waals surface area contributed by atoms with Crippen LogP contribution >= 0.6 is 0 Å². The second kappa shape index (κ2) is 2.17. The molecule has 65 valence electrons. The van der Waals surface area contributed by atoms with Crippen molar-refractivity contribution in [2.75, 3.05) is 13.6 Å². The summed E-state index contributed by atoms with van der Waals surface area (Å²) in [5.41, 5.74) is 12.0. The Labute approximate surface area is 69.6 Å². The molecule has 2 rings (SSSR count). The van der Waals surface area contributed by atoms with E-state index in [9.17, 15) is 0 Å². The maximum atomic E-state index is 5.65. The van der Waals surface area contributed by atoms with Crippen molar-refractivity contribution in [2.24, 2.45) is 22.3 Å². The fraction of sp³-hybridized carbons (Fsp3) is 0.400. The van der Waals surface area contributed by atoms with Gasteiger partial charge in [0.05, 0.1) is 10.2 Å². The molecule has 1 fully saturated rings. The molecule has 0 aromatic carbocycles. The number of likely N-dealkylation sites (N-methyl/N-ethyl adjacent to an activating group) is 1. The zero-order valence-corrected chi connectivity index (χ0v) is 6.73. The average Bonchev–Trinajstić information content (AvgIpc) is 2.41. The first-order valence-corrected chi connectivity index (χ1v) is 3.50. The third-order valence-corrected chi connectivity index (χ3v) is 1.94. The lowest BCUT2D eigenvalue weighted by Crippen LogP contribution is -2.55. The zero-order chi connectivity index (χ0) is 8.88. The molecular formula is C5H11N7+. The lowest BCUT2D eigenvalue weighted by atomic mass is 10.4. The summed E-state index contributed by atoms with van der Waals surface area (Å²) in [6.45, 7) is 0.631. The highest BCUT2D eigenvalue weighted by molar-refractivity contribution is 5.86. The molecule has 0 saturated carbocycles. The monoisotopic (exact) mass is 169 g/mol. The molecule has 1 saturated heterocycles. The molecule has 2 aliphatic heterocycles. The van der Waals surface area contributed by atoms with Crippen LogP contribution in [0.5, 0.6) is 0 Å². The standard InChI is InChI=1S/C5H11N7/c1-10-2-3-4(6)9-5(7)11(3)12(10)8/h2,6,8H2,1H3,(H2,7,9)/q+1. The highest BCUT2D eigenvalue weighted by Gasteiger charge is 2.50. The van der Waals surface area contributed by atoms with Gasteiger partial charge in [-0.25, -0.2) is 5.84 Å². The molecule has 6 N–H and O–H groups in total. The minimum Gasteiger partial charge on any atom is -0.379 e. The molecule has 0 aromatic rings. The summed E-state index contributed by atoms with van der Waals surface area (Å²) in [6, 6.07) is 0. The van der Waals surface area contributed by atoms with Crippen LogP contribution < -0.4 is 22.3 Å². The predicted molar refractivity (Wildman–Crippen MR) is 43.6 cm³/mol. The number of nitrogens with two attached hydrogens (primary N) is 3. The van der Waals surface area contributed by atoms with Gasteiger partial charge in [0.25, 0.3) is 5.70 Å². The summed E-state index contributed by atoms with van der Waals surface area (Å²) in [5, 5.41) is 4.74. The van der Waals surface area contributed by atoms with Crippen molar-refractivity contribution >= 4 is 5.96 Å². The number of hydrazine groups is 3. The number of guanidine groups is 1. The van der Waals surface area contributed by atoms with Crippen LogP contribution in [0.2, 0.25) is 0 Å². The van der Waals surface area contributed by atoms with Gasteiger partial charge in [-0.1, -0.05) is 0 Å². The molecule has 7 heteroatoms. The van der Waals surface area contributed by atoms with Crippen LogP contribution in [0, 0.1) is 0 Å².